The first-order valence-electron chi connectivity index (χ1n) is 8.71. The molecule has 0 bridgehead atoms. The van der Waals surface area contributed by atoms with Gasteiger partial charge in [0.05, 0.1) is 31.3 Å². The van der Waals surface area contributed by atoms with E-state index in [1.807, 2.05) is 24.3 Å². The van der Waals surface area contributed by atoms with Crippen molar-refractivity contribution in [2.45, 2.75) is 10.9 Å². The van der Waals surface area contributed by atoms with E-state index in [4.69, 9.17) is 9.47 Å². The molecule has 6 nitrogen and oxygen atoms in total. The molecule has 146 valence electrons. The first-order valence-corrected chi connectivity index (χ1v) is 10.2. The van der Waals surface area contributed by atoms with E-state index in [1.165, 1.54) is 12.1 Å². The van der Waals surface area contributed by atoms with E-state index in [2.05, 4.69) is 9.62 Å². The molecule has 1 heterocycles. The molecule has 1 saturated heterocycles. The molecule has 1 N–H and O–H groups in total. The Bertz CT molecular complexity index is 852. The molecule has 1 atom stereocenters. The molecule has 0 amide bonds. The van der Waals surface area contributed by atoms with Crippen molar-refractivity contribution in [3.8, 4) is 5.75 Å². The van der Waals surface area contributed by atoms with Gasteiger partial charge >= 0.3 is 0 Å². The number of rotatable bonds is 7. The summed E-state index contributed by atoms with van der Waals surface area (Å²) >= 11 is 0. The Morgan fingerprint density at radius 1 is 1.15 bits per heavy atom. The van der Waals surface area contributed by atoms with Crippen molar-refractivity contribution in [1.82, 2.24) is 9.62 Å². The summed E-state index contributed by atoms with van der Waals surface area (Å²) in [6, 6.07) is 12.1. The highest BCUT2D eigenvalue weighted by molar-refractivity contribution is 7.89. The van der Waals surface area contributed by atoms with Gasteiger partial charge in [-0.3, -0.25) is 4.90 Å². The fraction of sp³-hybridized carbons (Fsp3) is 0.368. The number of halogens is 1. The van der Waals surface area contributed by atoms with Crippen molar-refractivity contribution in [1.29, 1.82) is 0 Å². The van der Waals surface area contributed by atoms with Gasteiger partial charge in [0.15, 0.2) is 0 Å². The van der Waals surface area contributed by atoms with Crippen LogP contribution in [0.3, 0.4) is 0 Å². The Labute approximate surface area is 159 Å². The maximum Gasteiger partial charge on any atom is 0.240 e. The van der Waals surface area contributed by atoms with Gasteiger partial charge in [-0.25, -0.2) is 17.5 Å². The number of hydrogen-bond acceptors (Lipinski definition) is 5. The third-order valence-corrected chi connectivity index (χ3v) is 6.01. The second-order valence-electron chi connectivity index (χ2n) is 6.21. The van der Waals surface area contributed by atoms with E-state index in [1.54, 1.807) is 7.11 Å². The van der Waals surface area contributed by atoms with Gasteiger partial charge in [0.2, 0.25) is 10.0 Å². The molecular weight excluding hydrogens is 371 g/mol. The molecule has 1 aliphatic heterocycles. The van der Waals surface area contributed by atoms with Crippen molar-refractivity contribution < 1.29 is 22.3 Å². The number of morpholine rings is 1. The van der Waals surface area contributed by atoms with Crippen LogP contribution in [0.25, 0.3) is 0 Å². The molecule has 1 fully saturated rings. The van der Waals surface area contributed by atoms with Crippen molar-refractivity contribution >= 4 is 10.0 Å². The van der Waals surface area contributed by atoms with Gasteiger partial charge in [0.25, 0.3) is 0 Å². The maximum atomic E-state index is 13.1. The van der Waals surface area contributed by atoms with E-state index >= 15 is 0 Å². The van der Waals surface area contributed by atoms with Crippen LogP contribution in [0, 0.1) is 5.82 Å². The summed E-state index contributed by atoms with van der Waals surface area (Å²) in [5.41, 5.74) is 0.906. The average molecular weight is 394 g/mol. The maximum absolute atomic E-state index is 13.1. The molecule has 8 heteroatoms. The third kappa shape index (κ3) is 4.84. The lowest BCUT2D eigenvalue weighted by Gasteiger charge is -2.35. The second kappa shape index (κ2) is 8.79. The molecule has 0 saturated carbocycles. The van der Waals surface area contributed by atoms with Gasteiger partial charge in [0.1, 0.15) is 11.6 Å². The lowest BCUT2D eigenvalue weighted by atomic mass is 10.0. The summed E-state index contributed by atoms with van der Waals surface area (Å²) in [5, 5.41) is 0. The van der Waals surface area contributed by atoms with Crippen LogP contribution in [0.15, 0.2) is 53.4 Å². The quantitative estimate of drug-likeness (QED) is 0.780. The summed E-state index contributed by atoms with van der Waals surface area (Å²) in [5.74, 6) is 0.226. The molecule has 0 radical (unpaired) electrons. The molecule has 3 rings (SSSR count). The minimum Gasteiger partial charge on any atom is -0.496 e. The highest BCUT2D eigenvalue weighted by atomic mass is 32.2. The molecular formula is C19H23FN2O4S. The Morgan fingerprint density at radius 2 is 1.81 bits per heavy atom. The molecule has 1 unspecified atom stereocenters. The Balaban J connectivity index is 1.84. The van der Waals surface area contributed by atoms with Crippen LogP contribution < -0.4 is 9.46 Å². The number of nitrogens with zero attached hydrogens (tertiary/aromatic N) is 1. The van der Waals surface area contributed by atoms with Gasteiger partial charge in [0, 0.05) is 25.2 Å². The molecule has 0 spiro atoms. The second-order valence-corrected chi connectivity index (χ2v) is 7.98. The topological polar surface area (TPSA) is 67.9 Å². The van der Waals surface area contributed by atoms with Gasteiger partial charge < -0.3 is 9.47 Å². The van der Waals surface area contributed by atoms with Crippen LogP contribution >= 0.6 is 0 Å². The summed E-state index contributed by atoms with van der Waals surface area (Å²) in [6.07, 6.45) is 0. The van der Waals surface area contributed by atoms with Crippen LogP contribution in [-0.2, 0) is 14.8 Å². The summed E-state index contributed by atoms with van der Waals surface area (Å²) in [7, 11) is -2.16. The number of methoxy groups -OCH3 is 1. The fourth-order valence-corrected chi connectivity index (χ4v) is 4.19. The minimum absolute atomic E-state index is 0.0321. The zero-order chi connectivity index (χ0) is 19.3. The lowest BCUT2D eigenvalue weighted by molar-refractivity contribution is 0.0167. The van der Waals surface area contributed by atoms with Crippen LogP contribution in [0.1, 0.15) is 11.6 Å². The van der Waals surface area contributed by atoms with E-state index in [9.17, 15) is 12.8 Å². The van der Waals surface area contributed by atoms with Gasteiger partial charge in [-0.05, 0) is 30.3 Å². The number of sulfonamides is 1. The standard InChI is InChI=1S/C19H23FN2O4S/c1-25-19-5-3-2-4-17(19)18(22-10-12-26-13-11-22)14-21-27(23,24)16-8-6-15(20)7-9-16/h2-9,18,21H,10-14H2,1H3. The number of nitrogens with one attached hydrogen (secondary N) is 1. The normalized spacial score (nSPS) is 16.8. The third-order valence-electron chi connectivity index (χ3n) is 4.58. The zero-order valence-corrected chi connectivity index (χ0v) is 15.9. The van der Waals surface area contributed by atoms with Crippen molar-refractivity contribution in [3.63, 3.8) is 0 Å². The van der Waals surface area contributed by atoms with Crippen LogP contribution in [-0.4, -0.2) is 53.3 Å². The molecule has 2 aromatic rings. The van der Waals surface area contributed by atoms with Crippen LogP contribution in [0.2, 0.25) is 0 Å². The highest BCUT2D eigenvalue weighted by Gasteiger charge is 2.27. The van der Waals surface area contributed by atoms with Crippen molar-refractivity contribution in [3.05, 3.63) is 59.9 Å². The first kappa shape index (κ1) is 19.8. The highest BCUT2D eigenvalue weighted by Crippen LogP contribution is 2.29. The number of hydrogen-bond donors (Lipinski definition) is 1. The molecule has 0 aromatic heterocycles. The summed E-state index contributed by atoms with van der Waals surface area (Å²) in [6.45, 7) is 2.74. The van der Waals surface area contributed by atoms with E-state index in [0.29, 0.717) is 32.1 Å². The summed E-state index contributed by atoms with van der Waals surface area (Å²) in [4.78, 5) is 2.21. The fourth-order valence-electron chi connectivity index (χ4n) is 3.15. The molecule has 0 aliphatic carbocycles. The van der Waals surface area contributed by atoms with Gasteiger partial charge in [-0.1, -0.05) is 18.2 Å². The van der Waals surface area contributed by atoms with Crippen molar-refractivity contribution in [2.24, 2.45) is 0 Å². The average Bonchev–Trinajstić information content (AvgIpc) is 2.69. The monoisotopic (exact) mass is 394 g/mol. The number of benzene rings is 2. The number of para-hydroxylation sites is 1. The van der Waals surface area contributed by atoms with Gasteiger partial charge in [-0.2, -0.15) is 0 Å². The largest absolute Gasteiger partial charge is 0.496 e. The van der Waals surface area contributed by atoms with E-state index in [-0.39, 0.29) is 17.5 Å². The number of ether oxygens (including phenoxy) is 2. The van der Waals surface area contributed by atoms with Crippen LogP contribution in [0.4, 0.5) is 4.39 Å². The van der Waals surface area contributed by atoms with Gasteiger partial charge in [-0.15, -0.1) is 0 Å². The van der Waals surface area contributed by atoms with Crippen LogP contribution in [0.5, 0.6) is 5.75 Å². The minimum atomic E-state index is -3.75. The Kier molecular flexibility index (Phi) is 6.43. The Hall–Kier alpha value is -2.00. The first-order chi connectivity index (χ1) is 13.0. The SMILES string of the molecule is COc1ccccc1C(CNS(=O)(=O)c1ccc(F)cc1)N1CCOCC1. The van der Waals surface area contributed by atoms with Crippen molar-refractivity contribution in [2.75, 3.05) is 40.0 Å². The van der Waals surface area contributed by atoms with E-state index in [0.717, 1.165) is 17.7 Å². The van der Waals surface area contributed by atoms with E-state index < -0.39 is 15.8 Å². The smallest absolute Gasteiger partial charge is 0.240 e. The molecule has 1 aliphatic rings. The summed E-state index contributed by atoms with van der Waals surface area (Å²) < 4.78 is 51.9. The zero-order valence-electron chi connectivity index (χ0n) is 15.1. The predicted molar refractivity (Wildman–Crippen MR) is 99.7 cm³/mol. The molecule has 2 aromatic carbocycles. The Morgan fingerprint density at radius 3 is 2.48 bits per heavy atom. The lowest BCUT2D eigenvalue weighted by Crippen LogP contribution is -2.43. The molecule has 27 heavy (non-hydrogen) atoms. The predicted octanol–water partition coefficient (Wildman–Crippen LogP) is 2.19.